The number of carbonyl (C=O) groups excluding carboxylic acids is 1. The number of nitrogens with zero attached hydrogens (tertiary/aromatic N) is 5. The van der Waals surface area contributed by atoms with E-state index in [1.165, 1.54) is 47.1 Å². The zero-order valence-corrected chi connectivity index (χ0v) is 16.1. The minimum Gasteiger partial charge on any atom is -0.366 e. The number of primary amides is 1. The Kier molecular flexibility index (Phi) is 4.66. The lowest BCUT2D eigenvalue weighted by molar-refractivity contribution is -0.385. The lowest BCUT2D eigenvalue weighted by atomic mass is 9.95. The Balaban J connectivity index is 1.85. The van der Waals surface area contributed by atoms with E-state index in [0.717, 1.165) is 0 Å². The third-order valence-corrected chi connectivity index (χ3v) is 4.85. The lowest BCUT2D eigenvalue weighted by Crippen LogP contribution is -2.31. The number of amides is 1. The van der Waals surface area contributed by atoms with E-state index in [-0.39, 0.29) is 22.8 Å². The van der Waals surface area contributed by atoms with Gasteiger partial charge in [-0.15, -0.1) is 5.10 Å². The van der Waals surface area contributed by atoms with Crippen molar-refractivity contribution >= 4 is 23.2 Å². The molecule has 0 fully saturated rings. The average molecular weight is 421 g/mol. The van der Waals surface area contributed by atoms with Crippen molar-refractivity contribution in [1.82, 2.24) is 14.8 Å². The van der Waals surface area contributed by atoms with Crippen molar-refractivity contribution in [2.75, 3.05) is 5.32 Å². The predicted octanol–water partition coefficient (Wildman–Crippen LogP) is 2.54. The van der Waals surface area contributed by atoms with Crippen LogP contribution < -0.4 is 11.1 Å². The second-order valence-electron chi connectivity index (χ2n) is 6.79. The number of nitrogens with one attached hydrogen (secondary N) is 1. The van der Waals surface area contributed by atoms with Crippen molar-refractivity contribution in [3.63, 3.8) is 0 Å². The van der Waals surface area contributed by atoms with Crippen molar-refractivity contribution < 1.29 is 14.6 Å². The summed E-state index contributed by atoms with van der Waals surface area (Å²) >= 11 is 0. The fourth-order valence-electron chi connectivity index (χ4n) is 3.44. The molecule has 1 aliphatic rings. The van der Waals surface area contributed by atoms with Crippen LogP contribution in [0.2, 0.25) is 0 Å². The van der Waals surface area contributed by atoms with Gasteiger partial charge >= 0.3 is 0 Å². The van der Waals surface area contributed by atoms with Gasteiger partial charge in [-0.1, -0.05) is 12.1 Å². The Bertz CT molecular complexity index is 1260. The molecule has 3 aromatic rings. The van der Waals surface area contributed by atoms with Gasteiger partial charge in [0.05, 0.1) is 15.4 Å². The molecular formula is C19H15N7O5. The molecule has 3 N–H and O–H groups in total. The second kappa shape index (κ2) is 7.33. The number of carbonyl (C=O) groups is 1. The third kappa shape index (κ3) is 3.46. The first-order valence-corrected chi connectivity index (χ1v) is 8.99. The van der Waals surface area contributed by atoms with E-state index < -0.39 is 21.8 Å². The van der Waals surface area contributed by atoms with Crippen LogP contribution in [-0.4, -0.2) is 30.5 Å². The Hall–Kier alpha value is -4.61. The number of nitro benzene ring substituents is 2. The van der Waals surface area contributed by atoms with E-state index in [0.29, 0.717) is 22.8 Å². The number of hydrogen-bond donors (Lipinski definition) is 2. The normalized spacial score (nSPS) is 15.2. The minimum atomic E-state index is -0.783. The van der Waals surface area contributed by atoms with Crippen molar-refractivity contribution in [2.24, 2.45) is 5.73 Å². The highest BCUT2D eigenvalue weighted by atomic mass is 16.6. The molecule has 0 aliphatic carbocycles. The van der Waals surface area contributed by atoms with Gasteiger partial charge in [0.25, 0.3) is 11.4 Å². The molecule has 156 valence electrons. The Labute approximate surface area is 174 Å². The number of anilines is 1. The first-order valence-electron chi connectivity index (χ1n) is 8.99. The number of benzene rings is 2. The molecule has 4 rings (SSSR count). The SMILES string of the molecule is CC1=C(C(N)=O)C(c2ccc([N+](=O)[O-])cc2)n2nc(-c3cccc([N+](=O)[O-])c3)nc2N1. The molecule has 2 aromatic carbocycles. The van der Waals surface area contributed by atoms with Crippen LogP contribution in [-0.2, 0) is 4.79 Å². The number of nitrogens with two attached hydrogens (primary N) is 1. The molecule has 1 amide bonds. The summed E-state index contributed by atoms with van der Waals surface area (Å²) in [5, 5.41) is 29.5. The predicted molar refractivity (Wildman–Crippen MR) is 109 cm³/mol. The Morgan fingerprint density at radius 1 is 1.10 bits per heavy atom. The smallest absolute Gasteiger partial charge is 0.270 e. The fourth-order valence-corrected chi connectivity index (χ4v) is 3.44. The van der Waals surface area contributed by atoms with E-state index in [9.17, 15) is 25.0 Å². The van der Waals surface area contributed by atoms with E-state index in [1.807, 2.05) is 0 Å². The first kappa shape index (κ1) is 19.7. The summed E-state index contributed by atoms with van der Waals surface area (Å²) in [6, 6.07) is 10.7. The molecule has 0 radical (unpaired) electrons. The van der Waals surface area contributed by atoms with Gasteiger partial charge in [0.2, 0.25) is 11.9 Å². The van der Waals surface area contributed by atoms with Crippen LogP contribution in [0.25, 0.3) is 11.4 Å². The molecule has 1 aliphatic heterocycles. The summed E-state index contributed by atoms with van der Waals surface area (Å²) in [5.74, 6) is -0.185. The van der Waals surface area contributed by atoms with Gasteiger partial charge < -0.3 is 11.1 Å². The molecule has 12 nitrogen and oxygen atoms in total. The second-order valence-corrected chi connectivity index (χ2v) is 6.79. The average Bonchev–Trinajstić information content (AvgIpc) is 3.16. The number of aromatic nitrogens is 3. The highest BCUT2D eigenvalue weighted by Crippen LogP contribution is 2.36. The Morgan fingerprint density at radius 3 is 2.39 bits per heavy atom. The van der Waals surface area contributed by atoms with Crippen molar-refractivity contribution in [1.29, 1.82) is 0 Å². The van der Waals surface area contributed by atoms with Gasteiger partial charge in [0.15, 0.2) is 5.82 Å². The van der Waals surface area contributed by atoms with E-state index in [1.54, 1.807) is 13.0 Å². The maximum atomic E-state index is 12.2. The highest BCUT2D eigenvalue weighted by Gasteiger charge is 2.33. The van der Waals surface area contributed by atoms with Gasteiger partial charge in [-0.25, -0.2) is 4.68 Å². The molecule has 1 atom stereocenters. The van der Waals surface area contributed by atoms with Crippen LogP contribution in [0.5, 0.6) is 0 Å². The fraction of sp³-hybridized carbons (Fsp3) is 0.105. The molecule has 0 saturated carbocycles. The monoisotopic (exact) mass is 421 g/mol. The summed E-state index contributed by atoms with van der Waals surface area (Å²) in [4.78, 5) is 37.7. The number of non-ortho nitro benzene ring substituents is 2. The number of hydrogen-bond acceptors (Lipinski definition) is 8. The van der Waals surface area contributed by atoms with E-state index in [4.69, 9.17) is 5.73 Å². The first-order chi connectivity index (χ1) is 14.8. The number of rotatable bonds is 5. The zero-order valence-electron chi connectivity index (χ0n) is 16.1. The van der Waals surface area contributed by atoms with Gasteiger partial charge in [0.1, 0.15) is 6.04 Å². The van der Waals surface area contributed by atoms with Crippen molar-refractivity contribution in [3.05, 3.63) is 85.6 Å². The molecule has 31 heavy (non-hydrogen) atoms. The number of fused-ring (bicyclic) bond motifs is 1. The summed E-state index contributed by atoms with van der Waals surface area (Å²) in [6.07, 6.45) is 0. The molecule has 1 aromatic heterocycles. The van der Waals surface area contributed by atoms with Crippen LogP contribution in [0.1, 0.15) is 18.5 Å². The molecule has 0 saturated heterocycles. The minimum absolute atomic E-state index is 0.102. The molecule has 2 heterocycles. The quantitative estimate of drug-likeness (QED) is 0.467. The number of allylic oxidation sites excluding steroid dienone is 1. The topological polar surface area (TPSA) is 172 Å². The van der Waals surface area contributed by atoms with Crippen molar-refractivity contribution in [2.45, 2.75) is 13.0 Å². The van der Waals surface area contributed by atoms with Crippen LogP contribution in [0.4, 0.5) is 17.3 Å². The van der Waals surface area contributed by atoms with Gasteiger partial charge in [-0.3, -0.25) is 25.0 Å². The maximum absolute atomic E-state index is 12.2. The van der Waals surface area contributed by atoms with Gasteiger partial charge in [-0.2, -0.15) is 4.98 Å². The van der Waals surface area contributed by atoms with Crippen molar-refractivity contribution in [3.8, 4) is 11.4 Å². The summed E-state index contributed by atoms with van der Waals surface area (Å²) in [6.45, 7) is 1.66. The molecular weight excluding hydrogens is 406 g/mol. The van der Waals surface area contributed by atoms with Crippen LogP contribution in [0.15, 0.2) is 59.8 Å². The summed E-state index contributed by atoms with van der Waals surface area (Å²) in [5.41, 5.74) is 7.03. The van der Waals surface area contributed by atoms with Gasteiger partial charge in [0, 0.05) is 35.5 Å². The zero-order chi connectivity index (χ0) is 22.3. The molecule has 1 unspecified atom stereocenters. The maximum Gasteiger partial charge on any atom is 0.270 e. The van der Waals surface area contributed by atoms with E-state index in [2.05, 4.69) is 15.4 Å². The summed E-state index contributed by atoms with van der Waals surface area (Å²) < 4.78 is 1.43. The molecule has 0 bridgehead atoms. The largest absolute Gasteiger partial charge is 0.366 e. The third-order valence-electron chi connectivity index (χ3n) is 4.85. The molecule has 0 spiro atoms. The van der Waals surface area contributed by atoms with E-state index >= 15 is 0 Å². The van der Waals surface area contributed by atoms with Crippen LogP contribution >= 0.6 is 0 Å². The Morgan fingerprint density at radius 2 is 1.77 bits per heavy atom. The summed E-state index contributed by atoms with van der Waals surface area (Å²) in [7, 11) is 0. The highest BCUT2D eigenvalue weighted by molar-refractivity contribution is 5.95. The molecule has 12 heteroatoms. The number of nitro groups is 2. The lowest BCUT2D eigenvalue weighted by Gasteiger charge is -2.27. The van der Waals surface area contributed by atoms with Crippen LogP contribution in [0, 0.1) is 20.2 Å². The van der Waals surface area contributed by atoms with Crippen LogP contribution in [0.3, 0.4) is 0 Å². The van der Waals surface area contributed by atoms with Gasteiger partial charge in [-0.05, 0) is 24.6 Å². The standard InChI is InChI=1S/C19H15N7O5/c1-10-15(17(20)27)16(11-5-7-13(8-6-11)25(28)29)24-19(21-10)22-18(23-24)12-3-2-4-14(9-12)26(30)31/h2-9,16H,1H3,(H2,20,27)(H,21,22,23).